The van der Waals surface area contributed by atoms with E-state index in [1.54, 1.807) is 23.3 Å². The van der Waals surface area contributed by atoms with Gasteiger partial charge in [-0.2, -0.15) is 0 Å². The Morgan fingerprint density at radius 3 is 2.83 bits per heavy atom. The minimum atomic E-state index is -0.171. The fourth-order valence-corrected chi connectivity index (χ4v) is 5.32. The zero-order valence-electron chi connectivity index (χ0n) is 16.8. The van der Waals surface area contributed by atoms with Crippen LogP contribution in [0, 0.1) is 0 Å². The Morgan fingerprint density at radius 1 is 1.34 bits per heavy atom. The quantitative estimate of drug-likeness (QED) is 0.483. The third-order valence-electron chi connectivity index (χ3n) is 5.43. The van der Waals surface area contributed by atoms with Gasteiger partial charge in [0.15, 0.2) is 5.16 Å². The van der Waals surface area contributed by atoms with E-state index in [0.717, 1.165) is 28.7 Å². The van der Waals surface area contributed by atoms with Gasteiger partial charge in [-0.05, 0) is 31.0 Å². The van der Waals surface area contributed by atoms with Crippen LogP contribution in [0.15, 0.2) is 35.5 Å². The number of thioether (sulfide) groups is 1. The maximum atomic E-state index is 12.5. The van der Waals surface area contributed by atoms with Crippen LogP contribution in [0.5, 0.6) is 0 Å². The number of anilines is 2. The van der Waals surface area contributed by atoms with E-state index in [9.17, 15) is 4.79 Å². The van der Waals surface area contributed by atoms with Gasteiger partial charge < -0.3 is 15.4 Å². The Kier molecular flexibility index (Phi) is 5.50. The van der Waals surface area contributed by atoms with Gasteiger partial charge in [0.1, 0.15) is 10.6 Å². The number of carbonyl (C=O) groups is 1. The van der Waals surface area contributed by atoms with Gasteiger partial charge in [-0.3, -0.25) is 4.79 Å². The minimum Gasteiger partial charge on any atom is -0.383 e. The molecule has 2 aromatic heterocycles. The van der Waals surface area contributed by atoms with Crippen LogP contribution in [0.2, 0.25) is 0 Å². The highest BCUT2D eigenvalue weighted by atomic mass is 32.2. The molecule has 29 heavy (non-hydrogen) atoms. The first-order chi connectivity index (χ1) is 13.9. The van der Waals surface area contributed by atoms with Crippen LogP contribution in [0.3, 0.4) is 0 Å². The number of thiophene rings is 1. The topological polar surface area (TPSA) is 81.3 Å². The van der Waals surface area contributed by atoms with Crippen LogP contribution in [0.1, 0.15) is 30.7 Å². The van der Waals surface area contributed by atoms with Crippen LogP contribution in [-0.2, 0) is 22.6 Å². The number of benzene rings is 1. The number of para-hydroxylation sites is 1. The number of hydrogen-bond donors (Lipinski definition) is 1. The van der Waals surface area contributed by atoms with E-state index in [1.165, 1.54) is 22.2 Å². The van der Waals surface area contributed by atoms with Crippen molar-refractivity contribution < 1.29 is 9.53 Å². The van der Waals surface area contributed by atoms with E-state index in [-0.39, 0.29) is 17.3 Å². The van der Waals surface area contributed by atoms with E-state index >= 15 is 0 Å². The zero-order chi connectivity index (χ0) is 20.6. The fourth-order valence-electron chi connectivity index (χ4n) is 3.39. The number of aromatic nitrogens is 2. The van der Waals surface area contributed by atoms with Crippen LogP contribution in [-0.4, -0.2) is 34.3 Å². The van der Waals surface area contributed by atoms with Crippen molar-refractivity contribution in [3.05, 3.63) is 40.8 Å². The lowest BCUT2D eigenvalue weighted by Crippen LogP contribution is -2.33. The van der Waals surface area contributed by atoms with Crippen molar-refractivity contribution in [1.82, 2.24) is 9.97 Å². The van der Waals surface area contributed by atoms with Crippen LogP contribution in [0.25, 0.3) is 10.2 Å². The first-order valence-corrected chi connectivity index (χ1v) is 11.4. The molecular formula is C21H24N4O2S2. The van der Waals surface area contributed by atoms with Gasteiger partial charge in [-0.15, -0.1) is 11.3 Å². The maximum absolute atomic E-state index is 12.5. The summed E-state index contributed by atoms with van der Waals surface area (Å²) in [6, 6.07) is 9.57. The molecule has 1 aromatic carbocycles. The minimum absolute atomic E-state index is 0.0129. The van der Waals surface area contributed by atoms with Crippen molar-refractivity contribution in [1.29, 1.82) is 0 Å². The highest BCUT2D eigenvalue weighted by molar-refractivity contribution is 7.99. The number of amides is 1. The fraction of sp³-hybridized carbons (Fsp3) is 0.381. The zero-order valence-corrected chi connectivity index (χ0v) is 18.4. The van der Waals surface area contributed by atoms with E-state index < -0.39 is 0 Å². The van der Waals surface area contributed by atoms with E-state index in [4.69, 9.17) is 10.5 Å². The Bertz CT molecular complexity index is 1050. The lowest BCUT2D eigenvalue weighted by atomic mass is 9.90. The number of hydrogen-bond acceptors (Lipinski definition) is 7. The molecule has 4 rings (SSSR count). The lowest BCUT2D eigenvalue weighted by Gasteiger charge is -2.33. The van der Waals surface area contributed by atoms with Crippen LogP contribution in [0.4, 0.5) is 11.5 Å². The second kappa shape index (κ2) is 7.93. The molecule has 0 aliphatic carbocycles. The van der Waals surface area contributed by atoms with Crippen LogP contribution < -0.4 is 10.6 Å². The molecule has 0 radical (unpaired) electrons. The van der Waals surface area contributed by atoms with Gasteiger partial charge in [0.05, 0.1) is 23.3 Å². The van der Waals surface area contributed by atoms with Gasteiger partial charge in [-0.25, -0.2) is 9.97 Å². The largest absolute Gasteiger partial charge is 0.383 e. The van der Waals surface area contributed by atoms with Gasteiger partial charge in [0, 0.05) is 24.0 Å². The second-order valence-electron chi connectivity index (χ2n) is 7.42. The Morgan fingerprint density at radius 2 is 2.10 bits per heavy atom. The highest BCUT2D eigenvalue weighted by Crippen LogP contribution is 2.41. The molecule has 1 amide bonds. The molecule has 2 N–H and O–H groups in total. The first kappa shape index (κ1) is 20.1. The molecule has 0 saturated heterocycles. The average Bonchev–Trinajstić information content (AvgIpc) is 3.09. The second-order valence-corrected chi connectivity index (χ2v) is 9.45. The molecule has 8 heteroatoms. The van der Waals surface area contributed by atoms with E-state index in [0.29, 0.717) is 17.6 Å². The summed E-state index contributed by atoms with van der Waals surface area (Å²) in [5.74, 6) is 0.721. The van der Waals surface area contributed by atoms with Gasteiger partial charge in [0.25, 0.3) is 0 Å². The predicted octanol–water partition coefficient (Wildman–Crippen LogP) is 4.27. The van der Waals surface area contributed by atoms with Crippen LogP contribution >= 0.6 is 23.1 Å². The molecule has 0 spiro atoms. The summed E-state index contributed by atoms with van der Waals surface area (Å²) in [6.45, 7) is 4.86. The predicted molar refractivity (Wildman–Crippen MR) is 120 cm³/mol. The molecule has 1 aliphatic rings. The molecule has 6 nitrogen and oxygen atoms in total. The summed E-state index contributed by atoms with van der Waals surface area (Å²) < 4.78 is 6.05. The first-order valence-electron chi connectivity index (χ1n) is 9.56. The van der Waals surface area contributed by atoms with Crippen molar-refractivity contribution in [3.8, 4) is 0 Å². The van der Waals surface area contributed by atoms with Gasteiger partial charge >= 0.3 is 0 Å². The molecule has 1 aliphatic heterocycles. The SMILES string of the molecule is CCC1(C)Cc2c(sc3nc(SCC(=O)N(C)c4ccccc4)nc(N)c23)CO1. The monoisotopic (exact) mass is 428 g/mol. The maximum Gasteiger partial charge on any atom is 0.237 e. The highest BCUT2D eigenvalue weighted by Gasteiger charge is 2.33. The molecule has 1 atom stereocenters. The van der Waals surface area contributed by atoms with E-state index in [1.807, 2.05) is 30.3 Å². The average molecular weight is 429 g/mol. The number of fused-ring (bicyclic) bond motifs is 3. The Labute approximate surface area is 178 Å². The van der Waals surface area contributed by atoms with Gasteiger partial charge in [0.2, 0.25) is 5.91 Å². The summed E-state index contributed by atoms with van der Waals surface area (Å²) in [6.07, 6.45) is 1.76. The van der Waals surface area contributed by atoms with E-state index in [2.05, 4.69) is 23.8 Å². The standard InChI is InChI=1S/C21H24N4O2S2/c1-4-21(2)10-14-15(11-27-21)29-19-17(14)18(22)23-20(24-19)28-12-16(26)25(3)13-8-6-5-7-9-13/h5-9H,4,10-12H2,1-3H3,(H2,22,23,24). The van der Waals surface area contributed by atoms with Crippen molar-refractivity contribution >= 4 is 50.7 Å². The number of carbonyl (C=O) groups excluding carboxylic acids is 1. The number of nitrogen functional groups attached to an aromatic ring is 1. The number of nitrogens with zero attached hydrogens (tertiary/aromatic N) is 3. The molecule has 0 fully saturated rings. The molecule has 3 aromatic rings. The number of nitrogens with two attached hydrogens (primary N) is 1. The summed E-state index contributed by atoms with van der Waals surface area (Å²) in [5.41, 5.74) is 8.22. The molecular weight excluding hydrogens is 404 g/mol. The Hall–Kier alpha value is -2.16. The summed E-state index contributed by atoms with van der Waals surface area (Å²) >= 11 is 2.92. The summed E-state index contributed by atoms with van der Waals surface area (Å²) in [5, 5.41) is 1.48. The number of rotatable bonds is 5. The third kappa shape index (κ3) is 3.97. The summed E-state index contributed by atoms with van der Waals surface area (Å²) in [4.78, 5) is 25.4. The summed E-state index contributed by atoms with van der Waals surface area (Å²) in [7, 11) is 1.77. The number of ether oxygens (including phenoxy) is 1. The molecule has 1 unspecified atom stereocenters. The molecule has 0 bridgehead atoms. The van der Waals surface area contributed by atoms with Crippen molar-refractivity contribution in [3.63, 3.8) is 0 Å². The third-order valence-corrected chi connectivity index (χ3v) is 7.37. The van der Waals surface area contributed by atoms with Crippen molar-refractivity contribution in [2.75, 3.05) is 23.4 Å². The smallest absolute Gasteiger partial charge is 0.237 e. The molecule has 152 valence electrons. The molecule has 0 saturated carbocycles. The lowest BCUT2D eigenvalue weighted by molar-refractivity contribution is -0.115. The van der Waals surface area contributed by atoms with Gasteiger partial charge in [-0.1, -0.05) is 36.9 Å². The van der Waals surface area contributed by atoms with Crippen molar-refractivity contribution in [2.45, 2.75) is 44.1 Å². The normalized spacial score (nSPS) is 18.6. The Balaban J connectivity index is 1.53. The molecule has 3 heterocycles. The van der Waals surface area contributed by atoms with Crippen molar-refractivity contribution in [2.24, 2.45) is 0 Å².